The Morgan fingerprint density at radius 1 is 1.44 bits per heavy atom. The van der Waals surface area contributed by atoms with Gasteiger partial charge in [-0.15, -0.1) is 0 Å². The van der Waals surface area contributed by atoms with Crippen LogP contribution in [0.3, 0.4) is 0 Å². The van der Waals surface area contributed by atoms with Gasteiger partial charge in [-0.05, 0) is 24.6 Å². The number of hydrogen-bond donors (Lipinski definition) is 1. The second-order valence-electron chi connectivity index (χ2n) is 3.59. The summed E-state index contributed by atoms with van der Waals surface area (Å²) >= 11 is 0. The van der Waals surface area contributed by atoms with E-state index in [0.717, 1.165) is 22.4 Å². The molecule has 0 saturated heterocycles. The summed E-state index contributed by atoms with van der Waals surface area (Å²) in [5, 5.41) is 0. The molecule has 1 N–H and O–H groups in total. The monoisotopic (exact) mass is 214 g/mol. The number of hydrogen-bond acceptors (Lipinski definition) is 2. The predicted octanol–water partition coefficient (Wildman–Crippen LogP) is 3.04. The average Bonchev–Trinajstić information content (AvgIpc) is 2.77. The topological polar surface area (TPSA) is 37.9 Å². The molecule has 0 aliphatic rings. The van der Waals surface area contributed by atoms with Crippen molar-refractivity contribution in [1.29, 1.82) is 0 Å². The fourth-order valence-corrected chi connectivity index (χ4v) is 1.63. The van der Waals surface area contributed by atoms with E-state index in [1.54, 1.807) is 13.2 Å². The molecule has 0 atom stereocenters. The molecule has 2 heterocycles. The van der Waals surface area contributed by atoms with E-state index in [9.17, 15) is 0 Å². The molecule has 0 radical (unpaired) electrons. The number of H-pyrrole nitrogens is 1. The van der Waals surface area contributed by atoms with Crippen LogP contribution < -0.4 is 4.74 Å². The van der Waals surface area contributed by atoms with Gasteiger partial charge >= 0.3 is 0 Å². The Kier molecular flexibility index (Phi) is 2.77. The lowest BCUT2D eigenvalue weighted by molar-refractivity contribution is 0.397. The van der Waals surface area contributed by atoms with Crippen LogP contribution in [0.2, 0.25) is 0 Å². The molecule has 0 unspecified atom stereocenters. The zero-order chi connectivity index (χ0) is 11.5. The summed E-state index contributed by atoms with van der Waals surface area (Å²) in [5.41, 5.74) is 4.36. The first-order chi connectivity index (χ1) is 7.74. The zero-order valence-electron chi connectivity index (χ0n) is 9.45. The third kappa shape index (κ3) is 1.84. The molecule has 2 aromatic rings. The molecule has 3 nitrogen and oxygen atoms in total. The van der Waals surface area contributed by atoms with E-state index in [0.29, 0.717) is 5.88 Å². The molecular formula is C13H14N2O. The van der Waals surface area contributed by atoms with Gasteiger partial charge in [0.1, 0.15) is 0 Å². The number of aromatic nitrogens is 2. The maximum atomic E-state index is 5.08. The standard InChI is InChI=1S/C13H14N2O/c1-4-11-6-10(7-14-11)12-8-15-13(16-3)5-9(12)2/h4-8,14H,1H2,2-3H3. The molecule has 0 bridgehead atoms. The number of pyridine rings is 1. The first kappa shape index (κ1) is 10.5. The number of aromatic amines is 1. The van der Waals surface area contributed by atoms with Crippen molar-refractivity contribution in [3.05, 3.63) is 42.4 Å². The normalized spacial score (nSPS) is 10.1. The summed E-state index contributed by atoms with van der Waals surface area (Å²) in [5.74, 6) is 0.640. The van der Waals surface area contributed by atoms with E-state index in [2.05, 4.69) is 16.5 Å². The first-order valence-corrected chi connectivity index (χ1v) is 5.06. The Bertz CT molecular complexity index is 514. The van der Waals surface area contributed by atoms with Crippen molar-refractivity contribution < 1.29 is 4.74 Å². The Morgan fingerprint density at radius 3 is 2.81 bits per heavy atom. The van der Waals surface area contributed by atoms with E-state index in [1.807, 2.05) is 31.5 Å². The number of aryl methyl sites for hydroxylation is 1. The molecule has 0 aromatic carbocycles. The van der Waals surface area contributed by atoms with Gasteiger partial charge in [-0.25, -0.2) is 4.98 Å². The van der Waals surface area contributed by atoms with Gasteiger partial charge in [-0.3, -0.25) is 0 Å². The van der Waals surface area contributed by atoms with Gasteiger partial charge in [0.15, 0.2) is 0 Å². The highest BCUT2D eigenvalue weighted by molar-refractivity contribution is 5.68. The molecule has 2 rings (SSSR count). The second-order valence-corrected chi connectivity index (χ2v) is 3.59. The maximum absolute atomic E-state index is 5.08. The van der Waals surface area contributed by atoms with Gasteiger partial charge in [-0.1, -0.05) is 6.58 Å². The number of nitrogens with one attached hydrogen (secondary N) is 1. The van der Waals surface area contributed by atoms with Gasteiger partial charge < -0.3 is 9.72 Å². The summed E-state index contributed by atoms with van der Waals surface area (Å²) in [6, 6.07) is 3.97. The summed E-state index contributed by atoms with van der Waals surface area (Å²) in [6.45, 7) is 5.76. The van der Waals surface area contributed by atoms with Crippen LogP contribution >= 0.6 is 0 Å². The van der Waals surface area contributed by atoms with Crippen LogP contribution in [0.25, 0.3) is 17.2 Å². The Morgan fingerprint density at radius 2 is 2.25 bits per heavy atom. The number of nitrogens with zero attached hydrogens (tertiary/aromatic N) is 1. The minimum absolute atomic E-state index is 0.640. The quantitative estimate of drug-likeness (QED) is 0.852. The lowest BCUT2D eigenvalue weighted by Gasteiger charge is -2.04. The second kappa shape index (κ2) is 4.23. The smallest absolute Gasteiger partial charge is 0.213 e. The highest BCUT2D eigenvalue weighted by atomic mass is 16.5. The molecule has 0 amide bonds. The van der Waals surface area contributed by atoms with Crippen molar-refractivity contribution in [2.45, 2.75) is 6.92 Å². The Hall–Kier alpha value is -2.03. The highest BCUT2D eigenvalue weighted by Crippen LogP contribution is 2.25. The zero-order valence-corrected chi connectivity index (χ0v) is 9.45. The largest absolute Gasteiger partial charge is 0.481 e. The van der Waals surface area contributed by atoms with Crippen LogP contribution in [0.5, 0.6) is 5.88 Å². The van der Waals surface area contributed by atoms with Crippen molar-refractivity contribution >= 4 is 6.08 Å². The first-order valence-electron chi connectivity index (χ1n) is 5.06. The summed E-state index contributed by atoms with van der Waals surface area (Å²) < 4.78 is 5.08. The van der Waals surface area contributed by atoms with E-state index < -0.39 is 0 Å². The third-order valence-electron chi connectivity index (χ3n) is 2.53. The van der Waals surface area contributed by atoms with E-state index in [4.69, 9.17) is 4.74 Å². The van der Waals surface area contributed by atoms with Crippen molar-refractivity contribution in [3.8, 4) is 17.0 Å². The maximum Gasteiger partial charge on any atom is 0.213 e. The predicted molar refractivity (Wildman–Crippen MR) is 65.4 cm³/mol. The van der Waals surface area contributed by atoms with Gasteiger partial charge in [0, 0.05) is 35.3 Å². The fraction of sp³-hybridized carbons (Fsp3) is 0.154. The van der Waals surface area contributed by atoms with Crippen molar-refractivity contribution in [2.24, 2.45) is 0 Å². The Balaban J connectivity index is 2.43. The van der Waals surface area contributed by atoms with Crippen LogP contribution in [0.4, 0.5) is 0 Å². The van der Waals surface area contributed by atoms with Gasteiger partial charge in [0.05, 0.1) is 7.11 Å². The summed E-state index contributed by atoms with van der Waals surface area (Å²) in [4.78, 5) is 7.34. The average molecular weight is 214 g/mol. The Labute approximate surface area is 94.8 Å². The fourth-order valence-electron chi connectivity index (χ4n) is 1.63. The van der Waals surface area contributed by atoms with Crippen LogP contribution in [-0.2, 0) is 0 Å². The molecule has 0 aliphatic heterocycles. The molecule has 2 aromatic heterocycles. The van der Waals surface area contributed by atoms with Crippen molar-refractivity contribution in [2.75, 3.05) is 7.11 Å². The van der Waals surface area contributed by atoms with E-state index in [1.165, 1.54) is 0 Å². The lowest BCUT2D eigenvalue weighted by Crippen LogP contribution is -1.90. The summed E-state index contributed by atoms with van der Waals surface area (Å²) in [6.07, 6.45) is 5.56. The van der Waals surface area contributed by atoms with Crippen LogP contribution in [0.1, 0.15) is 11.3 Å². The van der Waals surface area contributed by atoms with Crippen LogP contribution in [0, 0.1) is 6.92 Å². The van der Waals surface area contributed by atoms with Gasteiger partial charge in [-0.2, -0.15) is 0 Å². The van der Waals surface area contributed by atoms with Gasteiger partial charge in [0.2, 0.25) is 5.88 Å². The minimum Gasteiger partial charge on any atom is -0.481 e. The van der Waals surface area contributed by atoms with Crippen LogP contribution in [0.15, 0.2) is 31.1 Å². The lowest BCUT2D eigenvalue weighted by atomic mass is 10.1. The number of methoxy groups -OCH3 is 1. The van der Waals surface area contributed by atoms with E-state index in [-0.39, 0.29) is 0 Å². The van der Waals surface area contributed by atoms with Gasteiger partial charge in [0.25, 0.3) is 0 Å². The number of ether oxygens (including phenoxy) is 1. The molecule has 0 spiro atoms. The van der Waals surface area contributed by atoms with Crippen molar-refractivity contribution in [3.63, 3.8) is 0 Å². The molecule has 0 fully saturated rings. The molecular weight excluding hydrogens is 200 g/mol. The van der Waals surface area contributed by atoms with E-state index >= 15 is 0 Å². The third-order valence-corrected chi connectivity index (χ3v) is 2.53. The minimum atomic E-state index is 0.640. The molecule has 16 heavy (non-hydrogen) atoms. The molecule has 3 heteroatoms. The highest BCUT2D eigenvalue weighted by Gasteiger charge is 2.05. The van der Waals surface area contributed by atoms with Crippen LogP contribution in [-0.4, -0.2) is 17.1 Å². The number of rotatable bonds is 3. The summed E-state index contributed by atoms with van der Waals surface area (Å²) in [7, 11) is 1.62. The molecule has 0 aliphatic carbocycles. The SMILES string of the molecule is C=Cc1cc(-c2cnc(OC)cc2C)c[nH]1. The molecule has 0 saturated carbocycles. The molecule has 82 valence electrons. The van der Waals surface area contributed by atoms with Crippen molar-refractivity contribution in [1.82, 2.24) is 9.97 Å².